The first-order valence-electron chi connectivity index (χ1n) is 11.6. The van der Waals surface area contributed by atoms with Gasteiger partial charge in [0.25, 0.3) is 0 Å². The first-order valence-corrected chi connectivity index (χ1v) is 11.6. The maximum absolute atomic E-state index is 13.4. The molecule has 2 aliphatic rings. The standard InChI is InChI=1S/C26H25N5O4/c1-27-18-8-6-16(4-3-5-24(32)33)21(13-18)28-25(34)20-14-26(20)10-11-35-23-9-7-17(12-19(23)26)22-15-31(2)30-29-22/h6-9,12-13,15,20H,3-5,10-11,14H2,2H3,(H,28,34)(H,32,33)/t20-,26-/m0/s1. The normalized spacial score (nSPS) is 19.9. The van der Waals surface area contributed by atoms with Crippen molar-refractivity contribution in [2.75, 3.05) is 11.9 Å². The molecular formula is C26H25N5O4. The molecule has 1 aliphatic carbocycles. The minimum atomic E-state index is -0.854. The second-order valence-electron chi connectivity index (χ2n) is 9.19. The van der Waals surface area contributed by atoms with E-state index in [-0.39, 0.29) is 23.7 Å². The molecule has 2 N–H and O–H groups in total. The number of carbonyl (C=O) groups is 2. The number of carboxylic acids is 1. The Labute approximate surface area is 202 Å². The number of hydrogen-bond acceptors (Lipinski definition) is 5. The van der Waals surface area contributed by atoms with Crippen molar-refractivity contribution in [3.8, 4) is 17.0 Å². The Hall–Kier alpha value is -4.19. The van der Waals surface area contributed by atoms with Gasteiger partial charge in [-0.05, 0) is 55.5 Å². The number of aromatic nitrogens is 3. The summed E-state index contributed by atoms with van der Waals surface area (Å²) >= 11 is 0. The average Bonchev–Trinajstić information content (AvgIpc) is 3.40. The quantitative estimate of drug-likeness (QED) is 0.502. The molecule has 1 aromatic heterocycles. The molecule has 0 unspecified atom stereocenters. The van der Waals surface area contributed by atoms with Gasteiger partial charge in [0, 0.05) is 41.6 Å². The van der Waals surface area contributed by atoms with Crippen LogP contribution in [0.2, 0.25) is 0 Å². The Bertz CT molecular complexity index is 1360. The van der Waals surface area contributed by atoms with Gasteiger partial charge in [-0.25, -0.2) is 4.85 Å². The van der Waals surface area contributed by atoms with E-state index in [1.807, 2.05) is 25.4 Å². The van der Waals surface area contributed by atoms with Crippen LogP contribution in [-0.2, 0) is 28.5 Å². The topological polar surface area (TPSA) is 111 Å². The molecule has 1 spiro atoms. The van der Waals surface area contributed by atoms with Crippen molar-refractivity contribution >= 4 is 23.3 Å². The molecular weight excluding hydrogens is 446 g/mol. The van der Waals surface area contributed by atoms with Gasteiger partial charge < -0.3 is 15.2 Å². The lowest BCUT2D eigenvalue weighted by Crippen LogP contribution is -2.27. The van der Waals surface area contributed by atoms with Gasteiger partial charge in [0.15, 0.2) is 5.69 Å². The average molecular weight is 472 g/mol. The Balaban J connectivity index is 1.38. The van der Waals surface area contributed by atoms with E-state index < -0.39 is 5.97 Å². The highest BCUT2D eigenvalue weighted by atomic mass is 16.5. The maximum atomic E-state index is 13.4. The summed E-state index contributed by atoms with van der Waals surface area (Å²) in [5.41, 5.74) is 4.26. The molecule has 9 nitrogen and oxygen atoms in total. The van der Waals surface area contributed by atoms with Gasteiger partial charge in [-0.1, -0.05) is 17.3 Å². The summed E-state index contributed by atoms with van der Waals surface area (Å²) in [6.07, 6.45) is 4.33. The molecule has 2 atom stereocenters. The first-order chi connectivity index (χ1) is 16.9. The van der Waals surface area contributed by atoms with Gasteiger partial charge in [-0.2, -0.15) is 0 Å². The molecule has 2 aromatic carbocycles. The fourth-order valence-corrected chi connectivity index (χ4v) is 5.00. The van der Waals surface area contributed by atoms with E-state index in [9.17, 15) is 9.59 Å². The molecule has 9 heteroatoms. The zero-order valence-corrected chi connectivity index (χ0v) is 19.3. The molecule has 0 saturated heterocycles. The lowest BCUT2D eigenvalue weighted by Gasteiger charge is -2.27. The predicted molar refractivity (Wildman–Crippen MR) is 128 cm³/mol. The number of aliphatic carboxylic acids is 1. The largest absolute Gasteiger partial charge is 0.493 e. The molecule has 2 heterocycles. The number of benzene rings is 2. The summed E-state index contributed by atoms with van der Waals surface area (Å²) in [6.45, 7) is 7.87. The van der Waals surface area contributed by atoms with Crippen LogP contribution in [0.1, 0.15) is 36.8 Å². The maximum Gasteiger partial charge on any atom is 0.303 e. The lowest BCUT2D eigenvalue weighted by molar-refractivity contribution is -0.137. The van der Waals surface area contributed by atoms with Crippen LogP contribution < -0.4 is 10.1 Å². The van der Waals surface area contributed by atoms with Gasteiger partial charge in [0.2, 0.25) is 5.91 Å². The van der Waals surface area contributed by atoms with Gasteiger partial charge in [0.1, 0.15) is 11.4 Å². The molecule has 0 radical (unpaired) electrons. The van der Waals surface area contributed by atoms with E-state index in [0.29, 0.717) is 30.8 Å². The second-order valence-corrected chi connectivity index (χ2v) is 9.19. The molecule has 0 bridgehead atoms. The number of carboxylic acid groups (broad SMARTS) is 1. The molecule has 5 rings (SSSR count). The third-order valence-electron chi connectivity index (χ3n) is 6.93. The van der Waals surface area contributed by atoms with Crippen LogP contribution in [0.25, 0.3) is 16.1 Å². The van der Waals surface area contributed by atoms with Crippen LogP contribution in [0.5, 0.6) is 5.75 Å². The molecule has 1 amide bonds. The van der Waals surface area contributed by atoms with E-state index in [1.54, 1.807) is 22.9 Å². The summed E-state index contributed by atoms with van der Waals surface area (Å²) in [6, 6.07) is 11.1. The van der Waals surface area contributed by atoms with Crippen LogP contribution in [0.4, 0.5) is 11.4 Å². The van der Waals surface area contributed by atoms with E-state index in [1.165, 1.54) is 0 Å². The molecule has 1 saturated carbocycles. The van der Waals surface area contributed by atoms with E-state index in [2.05, 4.69) is 26.5 Å². The van der Waals surface area contributed by atoms with Crippen LogP contribution in [0.3, 0.4) is 0 Å². The van der Waals surface area contributed by atoms with Crippen molar-refractivity contribution in [2.24, 2.45) is 13.0 Å². The number of fused-ring (bicyclic) bond motifs is 2. The number of nitrogens with zero attached hydrogens (tertiary/aromatic N) is 4. The van der Waals surface area contributed by atoms with Crippen molar-refractivity contribution in [1.29, 1.82) is 0 Å². The van der Waals surface area contributed by atoms with Crippen LogP contribution >= 0.6 is 0 Å². The highest BCUT2D eigenvalue weighted by Crippen LogP contribution is 2.61. The summed E-state index contributed by atoms with van der Waals surface area (Å²) in [4.78, 5) is 27.8. The number of hydrogen-bond donors (Lipinski definition) is 2. The van der Waals surface area contributed by atoms with Gasteiger partial charge in [-0.3, -0.25) is 14.3 Å². The zero-order valence-electron chi connectivity index (χ0n) is 19.3. The summed E-state index contributed by atoms with van der Waals surface area (Å²) in [7, 11) is 1.82. The van der Waals surface area contributed by atoms with Crippen molar-refractivity contribution in [3.63, 3.8) is 0 Å². The zero-order chi connectivity index (χ0) is 24.6. The number of carbonyl (C=O) groups excluding carboxylic acids is 1. The minimum absolute atomic E-state index is 0.0502. The number of nitrogens with one attached hydrogen (secondary N) is 1. The minimum Gasteiger partial charge on any atom is -0.493 e. The Kier molecular flexibility index (Phi) is 5.73. The Morgan fingerprint density at radius 2 is 2.17 bits per heavy atom. The fraction of sp³-hybridized carbons (Fsp3) is 0.346. The van der Waals surface area contributed by atoms with E-state index in [0.717, 1.165) is 41.0 Å². The Morgan fingerprint density at radius 1 is 1.31 bits per heavy atom. The highest BCUT2D eigenvalue weighted by molar-refractivity contribution is 5.97. The first kappa shape index (κ1) is 22.6. The number of rotatable bonds is 7. The molecule has 178 valence electrons. The van der Waals surface area contributed by atoms with Gasteiger partial charge >= 0.3 is 5.97 Å². The van der Waals surface area contributed by atoms with Crippen LogP contribution in [0, 0.1) is 12.5 Å². The van der Waals surface area contributed by atoms with Crippen LogP contribution in [0.15, 0.2) is 42.6 Å². The lowest BCUT2D eigenvalue weighted by atomic mass is 9.86. The summed E-state index contributed by atoms with van der Waals surface area (Å²) < 4.78 is 7.55. The smallest absolute Gasteiger partial charge is 0.303 e. The molecule has 1 aliphatic heterocycles. The predicted octanol–water partition coefficient (Wildman–Crippen LogP) is 4.12. The van der Waals surface area contributed by atoms with Crippen molar-refractivity contribution in [1.82, 2.24) is 15.0 Å². The number of ether oxygens (including phenoxy) is 1. The third kappa shape index (κ3) is 4.35. The third-order valence-corrected chi connectivity index (χ3v) is 6.93. The van der Waals surface area contributed by atoms with E-state index in [4.69, 9.17) is 16.4 Å². The fourth-order valence-electron chi connectivity index (χ4n) is 5.00. The van der Waals surface area contributed by atoms with Crippen molar-refractivity contribution in [2.45, 2.75) is 37.5 Å². The van der Waals surface area contributed by atoms with E-state index >= 15 is 0 Å². The molecule has 1 fully saturated rings. The van der Waals surface area contributed by atoms with Crippen molar-refractivity contribution in [3.05, 3.63) is 65.1 Å². The highest BCUT2D eigenvalue weighted by Gasteiger charge is 2.61. The number of anilines is 1. The van der Waals surface area contributed by atoms with Crippen LogP contribution in [-0.4, -0.2) is 38.6 Å². The molecule has 3 aromatic rings. The second kappa shape index (κ2) is 8.87. The Morgan fingerprint density at radius 3 is 2.91 bits per heavy atom. The molecule has 35 heavy (non-hydrogen) atoms. The SMILES string of the molecule is [C-]#[N+]c1ccc(CCCC(=O)O)c(NC(=O)[C@@H]2C[C@]23CCOc2ccc(-c4cn(C)nn4)cc23)c1. The van der Waals surface area contributed by atoms with Gasteiger partial charge in [-0.15, -0.1) is 5.10 Å². The monoisotopic (exact) mass is 471 g/mol. The number of amides is 1. The summed E-state index contributed by atoms with van der Waals surface area (Å²) in [5.74, 6) is -0.369. The number of aryl methyl sites for hydroxylation is 2. The van der Waals surface area contributed by atoms with Gasteiger partial charge in [0.05, 0.1) is 19.4 Å². The van der Waals surface area contributed by atoms with Crippen molar-refractivity contribution < 1.29 is 19.4 Å². The summed E-state index contributed by atoms with van der Waals surface area (Å²) in [5, 5.41) is 20.2.